The minimum atomic E-state index is -0.391. The van der Waals surface area contributed by atoms with E-state index < -0.39 is 6.10 Å². The van der Waals surface area contributed by atoms with Crippen LogP contribution in [0, 0.1) is 0 Å². The van der Waals surface area contributed by atoms with Crippen LogP contribution in [-0.2, 0) is 9.53 Å². The minimum absolute atomic E-state index is 0.0361. The summed E-state index contributed by atoms with van der Waals surface area (Å²) in [6, 6.07) is 0.358. The standard InChI is InChI=1S/C16H30N2O2/c1-13(15(19)18-14-8-4-5-9-14)20-16(12-17)10-6-2-3-7-11-16/h13-14H,2-12,17H2,1H3,(H,18,19). The third kappa shape index (κ3) is 4.19. The molecule has 2 aliphatic carbocycles. The molecule has 0 aromatic rings. The third-order valence-corrected chi connectivity index (χ3v) is 4.88. The quantitative estimate of drug-likeness (QED) is 0.762. The summed E-state index contributed by atoms with van der Waals surface area (Å²) in [6.45, 7) is 2.39. The number of rotatable bonds is 5. The normalized spacial score (nSPS) is 25.1. The molecule has 4 nitrogen and oxygen atoms in total. The van der Waals surface area contributed by atoms with Crippen molar-refractivity contribution in [3.63, 3.8) is 0 Å². The van der Waals surface area contributed by atoms with Crippen LogP contribution in [0.5, 0.6) is 0 Å². The molecule has 1 unspecified atom stereocenters. The van der Waals surface area contributed by atoms with Crippen LogP contribution >= 0.6 is 0 Å². The van der Waals surface area contributed by atoms with Crippen molar-refractivity contribution < 1.29 is 9.53 Å². The van der Waals surface area contributed by atoms with Crippen molar-refractivity contribution in [2.45, 2.75) is 88.9 Å². The Morgan fingerprint density at radius 3 is 2.35 bits per heavy atom. The summed E-state index contributed by atoms with van der Waals surface area (Å²) in [5.74, 6) is 0.0361. The van der Waals surface area contributed by atoms with E-state index >= 15 is 0 Å². The monoisotopic (exact) mass is 282 g/mol. The molecule has 1 amide bonds. The Labute approximate surface area is 122 Å². The Morgan fingerprint density at radius 1 is 1.20 bits per heavy atom. The van der Waals surface area contributed by atoms with E-state index in [-0.39, 0.29) is 11.5 Å². The third-order valence-electron chi connectivity index (χ3n) is 4.88. The first-order valence-electron chi connectivity index (χ1n) is 8.33. The summed E-state index contributed by atoms with van der Waals surface area (Å²) >= 11 is 0. The van der Waals surface area contributed by atoms with Crippen molar-refractivity contribution in [3.8, 4) is 0 Å². The zero-order valence-corrected chi connectivity index (χ0v) is 12.8. The van der Waals surface area contributed by atoms with Crippen LogP contribution in [0.4, 0.5) is 0 Å². The zero-order valence-electron chi connectivity index (χ0n) is 12.8. The van der Waals surface area contributed by atoms with Crippen LogP contribution < -0.4 is 11.1 Å². The maximum Gasteiger partial charge on any atom is 0.249 e. The average molecular weight is 282 g/mol. The molecule has 4 heteroatoms. The first-order valence-corrected chi connectivity index (χ1v) is 8.33. The molecule has 2 rings (SSSR count). The molecule has 2 fully saturated rings. The molecule has 0 aromatic carbocycles. The van der Waals surface area contributed by atoms with Crippen LogP contribution in [0.2, 0.25) is 0 Å². The van der Waals surface area contributed by atoms with Crippen LogP contribution in [0.1, 0.15) is 71.1 Å². The number of nitrogens with two attached hydrogens (primary N) is 1. The van der Waals surface area contributed by atoms with Crippen molar-refractivity contribution in [3.05, 3.63) is 0 Å². The first-order chi connectivity index (χ1) is 9.65. The van der Waals surface area contributed by atoms with E-state index in [1.807, 2.05) is 6.92 Å². The molecule has 2 aliphatic rings. The predicted molar refractivity (Wildman–Crippen MR) is 80.4 cm³/mol. The highest BCUT2D eigenvalue weighted by atomic mass is 16.5. The Morgan fingerprint density at radius 2 is 1.80 bits per heavy atom. The average Bonchev–Trinajstić information content (AvgIpc) is 2.84. The number of hydrogen-bond acceptors (Lipinski definition) is 3. The van der Waals surface area contributed by atoms with Crippen molar-refractivity contribution in [2.75, 3.05) is 6.54 Å². The lowest BCUT2D eigenvalue weighted by molar-refractivity contribution is -0.147. The largest absolute Gasteiger partial charge is 0.361 e. The number of nitrogens with one attached hydrogen (secondary N) is 1. The minimum Gasteiger partial charge on any atom is -0.361 e. The Hall–Kier alpha value is -0.610. The van der Waals surface area contributed by atoms with Crippen molar-refractivity contribution in [2.24, 2.45) is 5.73 Å². The van der Waals surface area contributed by atoms with Gasteiger partial charge in [-0.05, 0) is 32.6 Å². The SMILES string of the molecule is CC(OC1(CN)CCCCCC1)C(=O)NC1CCCC1. The second-order valence-electron chi connectivity index (χ2n) is 6.55. The molecule has 3 N–H and O–H groups in total. The van der Waals surface area contributed by atoms with Gasteiger partial charge in [-0.3, -0.25) is 4.79 Å². The summed E-state index contributed by atoms with van der Waals surface area (Å²) in [6.07, 6.45) is 11.1. The summed E-state index contributed by atoms with van der Waals surface area (Å²) in [7, 11) is 0. The molecule has 0 aromatic heterocycles. The molecule has 0 heterocycles. The lowest BCUT2D eigenvalue weighted by Gasteiger charge is -2.34. The van der Waals surface area contributed by atoms with Crippen molar-refractivity contribution >= 4 is 5.91 Å². The molecule has 0 spiro atoms. The summed E-state index contributed by atoms with van der Waals surface area (Å²) in [5.41, 5.74) is 5.69. The van der Waals surface area contributed by atoms with E-state index in [1.165, 1.54) is 25.7 Å². The molecule has 0 bridgehead atoms. The summed E-state index contributed by atoms with van der Waals surface area (Å²) in [5, 5.41) is 3.12. The number of amides is 1. The summed E-state index contributed by atoms with van der Waals surface area (Å²) in [4.78, 5) is 12.2. The van der Waals surface area contributed by atoms with E-state index in [0.717, 1.165) is 38.5 Å². The molecule has 20 heavy (non-hydrogen) atoms. The van der Waals surface area contributed by atoms with Crippen LogP contribution in [0.25, 0.3) is 0 Å². The van der Waals surface area contributed by atoms with E-state index in [0.29, 0.717) is 12.6 Å². The van der Waals surface area contributed by atoms with Gasteiger partial charge < -0.3 is 15.8 Å². The number of ether oxygens (including phenoxy) is 1. The lowest BCUT2D eigenvalue weighted by atomic mass is 9.94. The van der Waals surface area contributed by atoms with Crippen LogP contribution in [-0.4, -0.2) is 30.2 Å². The van der Waals surface area contributed by atoms with Crippen LogP contribution in [0.3, 0.4) is 0 Å². The van der Waals surface area contributed by atoms with Gasteiger partial charge in [0.15, 0.2) is 0 Å². The summed E-state index contributed by atoms with van der Waals surface area (Å²) < 4.78 is 6.14. The van der Waals surface area contributed by atoms with Gasteiger partial charge in [-0.15, -0.1) is 0 Å². The smallest absolute Gasteiger partial charge is 0.249 e. The Kier molecular flexibility index (Phi) is 5.85. The van der Waals surface area contributed by atoms with Gasteiger partial charge in [0.05, 0.1) is 5.60 Å². The lowest BCUT2D eigenvalue weighted by Crippen LogP contribution is -2.48. The number of carbonyl (C=O) groups is 1. The van der Waals surface area contributed by atoms with Gasteiger partial charge in [0.1, 0.15) is 6.10 Å². The highest BCUT2D eigenvalue weighted by Crippen LogP contribution is 2.31. The molecule has 0 saturated heterocycles. The molecular formula is C16H30N2O2. The van der Waals surface area contributed by atoms with Gasteiger partial charge in [-0.1, -0.05) is 38.5 Å². The van der Waals surface area contributed by atoms with E-state index in [1.54, 1.807) is 0 Å². The maximum atomic E-state index is 12.2. The van der Waals surface area contributed by atoms with Crippen molar-refractivity contribution in [1.82, 2.24) is 5.32 Å². The second kappa shape index (κ2) is 7.41. The fraction of sp³-hybridized carbons (Fsp3) is 0.938. The fourth-order valence-corrected chi connectivity index (χ4v) is 3.56. The molecule has 2 saturated carbocycles. The molecule has 0 aliphatic heterocycles. The maximum absolute atomic E-state index is 12.2. The van der Waals surface area contributed by atoms with E-state index in [9.17, 15) is 4.79 Å². The molecular weight excluding hydrogens is 252 g/mol. The van der Waals surface area contributed by atoms with Crippen LogP contribution in [0.15, 0.2) is 0 Å². The highest BCUT2D eigenvalue weighted by molar-refractivity contribution is 5.80. The van der Waals surface area contributed by atoms with Gasteiger partial charge in [-0.25, -0.2) is 0 Å². The zero-order chi connectivity index (χ0) is 14.4. The predicted octanol–water partition coefficient (Wildman–Crippen LogP) is 2.50. The first kappa shape index (κ1) is 15.8. The fourth-order valence-electron chi connectivity index (χ4n) is 3.56. The molecule has 116 valence electrons. The molecule has 1 atom stereocenters. The van der Waals surface area contributed by atoms with E-state index in [2.05, 4.69) is 5.32 Å². The van der Waals surface area contributed by atoms with Gasteiger partial charge >= 0.3 is 0 Å². The van der Waals surface area contributed by atoms with Gasteiger partial charge in [0, 0.05) is 12.6 Å². The van der Waals surface area contributed by atoms with Gasteiger partial charge in [-0.2, -0.15) is 0 Å². The van der Waals surface area contributed by atoms with E-state index in [4.69, 9.17) is 10.5 Å². The van der Waals surface area contributed by atoms with Gasteiger partial charge in [0.2, 0.25) is 5.91 Å². The Balaban J connectivity index is 1.86. The topological polar surface area (TPSA) is 64.3 Å². The number of hydrogen-bond donors (Lipinski definition) is 2. The molecule has 0 radical (unpaired) electrons. The Bertz CT molecular complexity index is 306. The highest BCUT2D eigenvalue weighted by Gasteiger charge is 2.34. The van der Waals surface area contributed by atoms with Gasteiger partial charge in [0.25, 0.3) is 0 Å². The number of carbonyl (C=O) groups excluding carboxylic acids is 1. The second-order valence-corrected chi connectivity index (χ2v) is 6.55. The van der Waals surface area contributed by atoms with Crippen molar-refractivity contribution in [1.29, 1.82) is 0 Å².